The van der Waals surface area contributed by atoms with Gasteiger partial charge < -0.3 is 11.5 Å². The normalized spacial score (nSPS) is 9.80. The molecule has 0 aliphatic carbocycles. The van der Waals surface area contributed by atoms with Gasteiger partial charge in [-0.05, 0) is 12.1 Å². The third-order valence-corrected chi connectivity index (χ3v) is 1.18. The van der Waals surface area contributed by atoms with Crippen LogP contribution in [0.1, 0.15) is 0 Å². The third-order valence-electron chi connectivity index (χ3n) is 1.18. The Morgan fingerprint density at radius 3 is 1.50 bits per heavy atom. The Hall–Kier alpha value is -1.32. The fourth-order valence-electron chi connectivity index (χ4n) is 0.583. The van der Waals surface area contributed by atoms with Crippen molar-refractivity contribution < 1.29 is 8.78 Å². The highest BCUT2D eigenvalue weighted by Crippen LogP contribution is 2.20. The van der Waals surface area contributed by atoms with E-state index in [9.17, 15) is 8.78 Å². The lowest BCUT2D eigenvalue weighted by molar-refractivity contribution is 0.608. The number of benzene rings is 1. The van der Waals surface area contributed by atoms with Crippen LogP contribution in [-0.2, 0) is 0 Å². The second-order valence-electron chi connectivity index (χ2n) is 1.86. The van der Waals surface area contributed by atoms with Gasteiger partial charge in [-0.25, -0.2) is 8.78 Å². The van der Waals surface area contributed by atoms with Crippen LogP contribution in [0.2, 0.25) is 0 Å². The van der Waals surface area contributed by atoms with E-state index in [0.717, 1.165) is 12.1 Å². The Kier molecular flexibility index (Phi) is 1.45. The van der Waals surface area contributed by atoms with Crippen molar-refractivity contribution in [1.82, 2.24) is 0 Å². The molecule has 1 aromatic rings. The highest BCUT2D eigenvalue weighted by molar-refractivity contribution is 5.64. The van der Waals surface area contributed by atoms with Gasteiger partial charge >= 0.3 is 0 Å². The van der Waals surface area contributed by atoms with Gasteiger partial charge in [0.15, 0.2) is 0 Å². The molecule has 0 bridgehead atoms. The number of anilines is 2. The first-order valence-corrected chi connectivity index (χ1v) is 2.62. The summed E-state index contributed by atoms with van der Waals surface area (Å²) < 4.78 is 24.8. The van der Waals surface area contributed by atoms with E-state index in [4.69, 9.17) is 11.5 Å². The molecule has 0 heterocycles. The van der Waals surface area contributed by atoms with E-state index >= 15 is 0 Å². The molecular weight excluding hydrogens is 138 g/mol. The van der Waals surface area contributed by atoms with Crippen molar-refractivity contribution in [3.05, 3.63) is 23.8 Å². The molecule has 0 saturated heterocycles. The molecule has 0 radical (unpaired) electrons. The molecular formula is C6H6F2N2. The molecule has 4 heteroatoms. The first-order chi connectivity index (χ1) is 4.63. The molecule has 4 N–H and O–H groups in total. The van der Waals surface area contributed by atoms with Gasteiger partial charge in [0, 0.05) is 0 Å². The number of halogens is 2. The number of nitrogens with two attached hydrogens (primary N) is 2. The molecule has 0 aliphatic heterocycles. The van der Waals surface area contributed by atoms with Crippen LogP contribution in [0.4, 0.5) is 20.2 Å². The predicted molar refractivity (Wildman–Crippen MR) is 35.2 cm³/mol. The molecule has 10 heavy (non-hydrogen) atoms. The lowest BCUT2D eigenvalue weighted by Crippen LogP contribution is -2.00. The molecule has 0 aliphatic rings. The van der Waals surface area contributed by atoms with Gasteiger partial charge in [-0.15, -0.1) is 0 Å². The summed E-state index contributed by atoms with van der Waals surface area (Å²) in [6, 6.07) is 1.86. The van der Waals surface area contributed by atoms with E-state index in [0.29, 0.717) is 0 Å². The average molecular weight is 144 g/mol. The molecule has 1 rings (SSSR count). The van der Waals surface area contributed by atoms with Crippen LogP contribution >= 0.6 is 0 Å². The largest absolute Gasteiger partial charge is 0.395 e. The van der Waals surface area contributed by atoms with Gasteiger partial charge in [0.2, 0.25) is 0 Å². The minimum atomic E-state index is -0.695. The lowest BCUT2D eigenvalue weighted by Gasteiger charge is -2.00. The van der Waals surface area contributed by atoms with Crippen LogP contribution in [-0.4, -0.2) is 0 Å². The van der Waals surface area contributed by atoms with Crippen LogP contribution in [0.3, 0.4) is 0 Å². The number of hydrogen-bond donors (Lipinski definition) is 2. The van der Waals surface area contributed by atoms with Gasteiger partial charge in [0.25, 0.3) is 0 Å². The quantitative estimate of drug-likeness (QED) is 0.536. The van der Waals surface area contributed by atoms with Gasteiger partial charge in [0.05, 0.1) is 11.4 Å². The van der Waals surface area contributed by atoms with Crippen molar-refractivity contribution in [2.24, 2.45) is 0 Å². The van der Waals surface area contributed by atoms with Crippen LogP contribution in [0.15, 0.2) is 12.1 Å². The summed E-state index contributed by atoms with van der Waals surface area (Å²) in [4.78, 5) is 0. The molecule has 0 fully saturated rings. The van der Waals surface area contributed by atoms with Crippen molar-refractivity contribution in [2.45, 2.75) is 0 Å². The molecule has 0 saturated carbocycles. The standard InChI is InChI=1S/C6H6F2N2/c7-3-1-2-4(8)6(10)5(3)9/h1-2H,9-10H2. The van der Waals surface area contributed by atoms with Crippen molar-refractivity contribution in [1.29, 1.82) is 0 Å². The van der Waals surface area contributed by atoms with Crippen LogP contribution in [0.25, 0.3) is 0 Å². The fourth-order valence-corrected chi connectivity index (χ4v) is 0.583. The zero-order chi connectivity index (χ0) is 7.72. The molecule has 2 nitrogen and oxygen atoms in total. The molecule has 54 valence electrons. The average Bonchev–Trinajstić information content (AvgIpc) is 1.93. The first kappa shape index (κ1) is 6.80. The Balaban J connectivity index is 3.34. The van der Waals surface area contributed by atoms with Crippen LogP contribution < -0.4 is 11.5 Å². The maximum atomic E-state index is 12.4. The van der Waals surface area contributed by atoms with Crippen molar-refractivity contribution in [3.8, 4) is 0 Å². The van der Waals surface area contributed by atoms with E-state index in [1.807, 2.05) is 0 Å². The lowest BCUT2D eigenvalue weighted by atomic mass is 10.2. The van der Waals surface area contributed by atoms with Gasteiger partial charge in [0.1, 0.15) is 11.6 Å². The molecule has 0 atom stereocenters. The molecule has 0 unspecified atom stereocenters. The summed E-state index contributed by atoms with van der Waals surface area (Å²) in [5.74, 6) is -1.39. The second-order valence-corrected chi connectivity index (χ2v) is 1.86. The molecule has 0 aromatic heterocycles. The summed E-state index contributed by atoms with van der Waals surface area (Å²) in [5.41, 5.74) is 9.42. The molecule has 0 spiro atoms. The van der Waals surface area contributed by atoms with E-state index in [1.54, 1.807) is 0 Å². The summed E-state index contributed by atoms with van der Waals surface area (Å²) >= 11 is 0. The minimum Gasteiger partial charge on any atom is -0.395 e. The number of rotatable bonds is 0. The zero-order valence-electron chi connectivity index (χ0n) is 5.07. The highest BCUT2D eigenvalue weighted by atomic mass is 19.1. The molecule has 1 aromatic carbocycles. The molecule has 0 amide bonds. The van der Waals surface area contributed by atoms with E-state index < -0.39 is 11.6 Å². The Morgan fingerprint density at radius 2 is 1.20 bits per heavy atom. The van der Waals surface area contributed by atoms with Crippen molar-refractivity contribution in [3.63, 3.8) is 0 Å². The van der Waals surface area contributed by atoms with E-state index in [2.05, 4.69) is 0 Å². The number of hydrogen-bond acceptors (Lipinski definition) is 2. The van der Waals surface area contributed by atoms with E-state index in [-0.39, 0.29) is 11.4 Å². The van der Waals surface area contributed by atoms with Gasteiger partial charge in [-0.3, -0.25) is 0 Å². The highest BCUT2D eigenvalue weighted by Gasteiger charge is 2.05. The monoisotopic (exact) mass is 144 g/mol. The van der Waals surface area contributed by atoms with Crippen LogP contribution in [0, 0.1) is 11.6 Å². The fraction of sp³-hybridized carbons (Fsp3) is 0. The maximum Gasteiger partial charge on any atom is 0.148 e. The van der Waals surface area contributed by atoms with Crippen molar-refractivity contribution >= 4 is 11.4 Å². The number of nitrogen functional groups attached to an aromatic ring is 2. The summed E-state index contributed by atoms with van der Waals surface area (Å²) in [5, 5.41) is 0. The maximum absolute atomic E-state index is 12.4. The third kappa shape index (κ3) is 0.877. The summed E-state index contributed by atoms with van der Waals surface area (Å²) in [6.45, 7) is 0. The van der Waals surface area contributed by atoms with Gasteiger partial charge in [-0.2, -0.15) is 0 Å². The second kappa shape index (κ2) is 2.13. The SMILES string of the molecule is Nc1c(F)ccc(F)c1N. The predicted octanol–water partition coefficient (Wildman–Crippen LogP) is 1.13. The summed E-state index contributed by atoms with van der Waals surface area (Å²) in [7, 11) is 0. The van der Waals surface area contributed by atoms with Crippen molar-refractivity contribution in [2.75, 3.05) is 11.5 Å². The zero-order valence-corrected chi connectivity index (χ0v) is 5.07. The van der Waals surface area contributed by atoms with Gasteiger partial charge in [-0.1, -0.05) is 0 Å². The minimum absolute atomic E-state index is 0.333. The smallest absolute Gasteiger partial charge is 0.148 e. The Bertz CT molecular complexity index is 233. The Morgan fingerprint density at radius 1 is 0.900 bits per heavy atom. The first-order valence-electron chi connectivity index (χ1n) is 2.62. The summed E-state index contributed by atoms with van der Waals surface area (Å²) in [6.07, 6.45) is 0. The van der Waals surface area contributed by atoms with Crippen LogP contribution in [0.5, 0.6) is 0 Å². The van der Waals surface area contributed by atoms with E-state index in [1.165, 1.54) is 0 Å². The topological polar surface area (TPSA) is 52.0 Å². The Labute approximate surface area is 56.4 Å².